The monoisotopic (exact) mass is 272 g/mol. The van der Waals surface area contributed by atoms with Gasteiger partial charge in [-0.2, -0.15) is 0 Å². The van der Waals surface area contributed by atoms with Crippen molar-refractivity contribution in [1.29, 1.82) is 0 Å². The molecule has 0 bridgehead atoms. The van der Waals surface area contributed by atoms with Crippen molar-refractivity contribution in [2.24, 2.45) is 5.73 Å². The standard InChI is InChI=1S/C13H20N2O2.ClH/c1-10-5-6-11(17-10)9-15(2)12(16)13(14)7-3-4-8-13;/h5-6H,3-4,7-9,14H2,1-2H3;1H. The minimum Gasteiger partial charge on any atom is -0.464 e. The van der Waals surface area contributed by atoms with E-state index in [1.807, 2.05) is 19.1 Å². The lowest BCUT2D eigenvalue weighted by Gasteiger charge is -2.28. The zero-order chi connectivity index (χ0) is 12.5. The van der Waals surface area contributed by atoms with Gasteiger partial charge in [-0.1, -0.05) is 12.8 Å². The molecule has 2 N–H and O–H groups in total. The first kappa shape index (κ1) is 15.1. The van der Waals surface area contributed by atoms with Crippen molar-refractivity contribution in [3.8, 4) is 0 Å². The van der Waals surface area contributed by atoms with E-state index >= 15 is 0 Å². The Morgan fingerprint density at radius 2 is 2.06 bits per heavy atom. The highest BCUT2D eigenvalue weighted by Crippen LogP contribution is 2.29. The molecular formula is C13H21ClN2O2. The van der Waals surface area contributed by atoms with Crippen molar-refractivity contribution in [1.82, 2.24) is 4.90 Å². The van der Waals surface area contributed by atoms with Crippen LogP contribution in [0.4, 0.5) is 0 Å². The summed E-state index contributed by atoms with van der Waals surface area (Å²) in [5, 5.41) is 0. The fourth-order valence-electron chi connectivity index (χ4n) is 2.48. The SMILES string of the molecule is Cc1ccc(CN(C)C(=O)C2(N)CCCC2)o1.Cl. The number of carbonyl (C=O) groups excluding carboxylic acids is 1. The van der Waals surface area contributed by atoms with Crippen LogP contribution in [0.25, 0.3) is 0 Å². The lowest BCUT2D eigenvalue weighted by Crippen LogP contribution is -2.52. The summed E-state index contributed by atoms with van der Waals surface area (Å²) in [6, 6.07) is 3.80. The molecule has 2 rings (SSSR count). The minimum atomic E-state index is -0.642. The normalized spacial score (nSPS) is 17.3. The van der Waals surface area contributed by atoms with Gasteiger partial charge >= 0.3 is 0 Å². The van der Waals surface area contributed by atoms with E-state index in [1.54, 1.807) is 11.9 Å². The molecule has 1 heterocycles. The van der Waals surface area contributed by atoms with E-state index in [0.29, 0.717) is 6.54 Å². The van der Waals surface area contributed by atoms with Crippen LogP contribution >= 0.6 is 12.4 Å². The van der Waals surface area contributed by atoms with Gasteiger partial charge in [-0.15, -0.1) is 12.4 Å². The van der Waals surface area contributed by atoms with Crippen molar-refractivity contribution in [3.63, 3.8) is 0 Å². The maximum atomic E-state index is 12.2. The second-order valence-electron chi connectivity index (χ2n) is 5.04. The Morgan fingerprint density at radius 3 is 2.56 bits per heavy atom. The Kier molecular flexibility index (Phi) is 4.82. The van der Waals surface area contributed by atoms with E-state index in [1.165, 1.54) is 0 Å². The van der Waals surface area contributed by atoms with Gasteiger partial charge in [0.1, 0.15) is 11.5 Å². The van der Waals surface area contributed by atoms with E-state index in [2.05, 4.69) is 0 Å². The number of halogens is 1. The lowest BCUT2D eigenvalue weighted by molar-refractivity contribution is -0.136. The summed E-state index contributed by atoms with van der Waals surface area (Å²) in [5.41, 5.74) is 5.50. The summed E-state index contributed by atoms with van der Waals surface area (Å²) in [4.78, 5) is 13.9. The summed E-state index contributed by atoms with van der Waals surface area (Å²) in [5.74, 6) is 1.70. The van der Waals surface area contributed by atoms with Crippen LogP contribution in [-0.2, 0) is 11.3 Å². The predicted octanol–water partition coefficient (Wildman–Crippen LogP) is 2.24. The van der Waals surface area contributed by atoms with Gasteiger partial charge in [0, 0.05) is 7.05 Å². The maximum Gasteiger partial charge on any atom is 0.242 e. The number of likely N-dealkylation sites (N-methyl/N-ethyl adjacent to an activating group) is 1. The fraction of sp³-hybridized carbons (Fsp3) is 0.615. The second-order valence-corrected chi connectivity index (χ2v) is 5.04. The first-order chi connectivity index (χ1) is 8.01. The highest BCUT2D eigenvalue weighted by Gasteiger charge is 2.38. The molecule has 1 amide bonds. The number of nitrogens with two attached hydrogens (primary N) is 1. The quantitative estimate of drug-likeness (QED) is 0.918. The van der Waals surface area contributed by atoms with E-state index in [4.69, 9.17) is 10.2 Å². The second kappa shape index (κ2) is 5.76. The molecule has 1 aromatic heterocycles. The van der Waals surface area contributed by atoms with Crippen LogP contribution in [0.5, 0.6) is 0 Å². The molecule has 1 saturated carbocycles. The third-order valence-electron chi connectivity index (χ3n) is 3.46. The van der Waals surface area contributed by atoms with Gasteiger partial charge in [0.25, 0.3) is 0 Å². The summed E-state index contributed by atoms with van der Waals surface area (Å²) in [7, 11) is 1.78. The van der Waals surface area contributed by atoms with Crippen LogP contribution in [0.3, 0.4) is 0 Å². The number of hydrogen-bond acceptors (Lipinski definition) is 3. The molecule has 0 atom stereocenters. The van der Waals surface area contributed by atoms with Crippen molar-refractivity contribution < 1.29 is 9.21 Å². The van der Waals surface area contributed by atoms with Crippen LogP contribution < -0.4 is 5.73 Å². The third-order valence-corrected chi connectivity index (χ3v) is 3.46. The Bertz CT molecular complexity index is 411. The Hall–Kier alpha value is -1.00. The molecule has 0 unspecified atom stereocenters. The summed E-state index contributed by atoms with van der Waals surface area (Å²) < 4.78 is 5.47. The Morgan fingerprint density at radius 1 is 1.44 bits per heavy atom. The van der Waals surface area contributed by atoms with E-state index in [9.17, 15) is 4.79 Å². The molecule has 0 saturated heterocycles. The van der Waals surface area contributed by atoms with Crippen LogP contribution in [0.1, 0.15) is 37.2 Å². The van der Waals surface area contributed by atoms with Crippen molar-refractivity contribution in [3.05, 3.63) is 23.7 Å². The number of aryl methyl sites for hydroxylation is 1. The van der Waals surface area contributed by atoms with Crippen molar-refractivity contribution in [2.75, 3.05) is 7.05 Å². The molecule has 0 aliphatic heterocycles. The first-order valence-electron chi connectivity index (χ1n) is 6.11. The summed E-state index contributed by atoms with van der Waals surface area (Å²) in [6.07, 6.45) is 3.70. The van der Waals surface area contributed by atoms with Crippen molar-refractivity contribution in [2.45, 2.75) is 44.7 Å². The van der Waals surface area contributed by atoms with E-state index in [0.717, 1.165) is 37.2 Å². The highest BCUT2D eigenvalue weighted by molar-refractivity contribution is 5.86. The average Bonchev–Trinajstić information content (AvgIpc) is 2.88. The highest BCUT2D eigenvalue weighted by atomic mass is 35.5. The van der Waals surface area contributed by atoms with Gasteiger partial charge in [-0.05, 0) is 31.9 Å². The number of rotatable bonds is 3. The minimum absolute atomic E-state index is 0. The molecule has 0 spiro atoms. The van der Waals surface area contributed by atoms with Crippen LogP contribution in [0, 0.1) is 6.92 Å². The summed E-state index contributed by atoms with van der Waals surface area (Å²) >= 11 is 0. The van der Waals surface area contributed by atoms with Gasteiger partial charge in [-0.25, -0.2) is 0 Å². The van der Waals surface area contributed by atoms with Crippen LogP contribution in [0.15, 0.2) is 16.5 Å². The number of amides is 1. The molecule has 5 heteroatoms. The fourth-order valence-corrected chi connectivity index (χ4v) is 2.48. The van der Waals surface area contributed by atoms with Crippen LogP contribution in [-0.4, -0.2) is 23.4 Å². The lowest BCUT2D eigenvalue weighted by atomic mass is 9.97. The Labute approximate surface area is 114 Å². The molecule has 18 heavy (non-hydrogen) atoms. The zero-order valence-corrected chi connectivity index (χ0v) is 11.8. The van der Waals surface area contributed by atoms with Gasteiger partial charge in [-0.3, -0.25) is 4.79 Å². The molecule has 102 valence electrons. The van der Waals surface area contributed by atoms with E-state index < -0.39 is 5.54 Å². The molecule has 4 nitrogen and oxygen atoms in total. The zero-order valence-electron chi connectivity index (χ0n) is 10.9. The number of carbonyl (C=O) groups is 1. The molecule has 1 aliphatic rings. The maximum absolute atomic E-state index is 12.2. The molecule has 0 aromatic carbocycles. The van der Waals surface area contributed by atoms with Gasteiger partial charge in [0.2, 0.25) is 5.91 Å². The first-order valence-corrected chi connectivity index (χ1v) is 6.11. The van der Waals surface area contributed by atoms with Gasteiger partial charge in [0.05, 0.1) is 12.1 Å². The molecule has 1 fully saturated rings. The number of nitrogens with zero attached hydrogens (tertiary/aromatic N) is 1. The molecule has 1 aliphatic carbocycles. The Balaban J connectivity index is 0.00000162. The summed E-state index contributed by atoms with van der Waals surface area (Å²) in [6.45, 7) is 2.39. The van der Waals surface area contributed by atoms with Crippen LogP contribution in [0.2, 0.25) is 0 Å². The molecular weight excluding hydrogens is 252 g/mol. The predicted molar refractivity (Wildman–Crippen MR) is 72.6 cm³/mol. The van der Waals surface area contributed by atoms with Crippen molar-refractivity contribution >= 4 is 18.3 Å². The average molecular weight is 273 g/mol. The largest absolute Gasteiger partial charge is 0.464 e. The van der Waals surface area contributed by atoms with Gasteiger partial charge < -0.3 is 15.1 Å². The number of furan rings is 1. The smallest absolute Gasteiger partial charge is 0.242 e. The van der Waals surface area contributed by atoms with E-state index in [-0.39, 0.29) is 18.3 Å². The topological polar surface area (TPSA) is 59.5 Å². The molecule has 0 radical (unpaired) electrons. The van der Waals surface area contributed by atoms with Gasteiger partial charge in [0.15, 0.2) is 0 Å². The third kappa shape index (κ3) is 3.06. The molecule has 1 aromatic rings. The number of hydrogen-bond donors (Lipinski definition) is 1.